The van der Waals surface area contributed by atoms with E-state index in [9.17, 15) is 24.2 Å². The van der Waals surface area contributed by atoms with E-state index in [4.69, 9.17) is 18.5 Å². The molecule has 0 bridgehead atoms. The number of unbranched alkanes of at least 4 members (excludes halogenated alkanes) is 8. The first-order valence-electron chi connectivity index (χ1n) is 22.4. The topological polar surface area (TPSA) is 129 Å². The van der Waals surface area contributed by atoms with Gasteiger partial charge in [0.25, 0.3) is 0 Å². The van der Waals surface area contributed by atoms with E-state index in [2.05, 4.69) is 85.9 Å². The van der Waals surface area contributed by atoms with Crippen molar-refractivity contribution in [3.63, 3.8) is 0 Å². The second-order valence-corrected chi connectivity index (χ2v) is 17.3. The predicted molar refractivity (Wildman–Crippen MR) is 244 cm³/mol. The Morgan fingerprint density at radius 2 is 1.05 bits per heavy atom. The second-order valence-electron chi connectivity index (χ2n) is 15.9. The number of aliphatic hydroxyl groups excluding tert-OH is 1. The molecule has 0 aliphatic heterocycles. The SMILES string of the molecule is CCCCCCCC/C=C\C/C=C\C/C=C\CCCC(=O)OC[C@H](COP(=O)(O)OCC[N+](C)(C)C)OC(=O)CCC/C=C\C/C=C\C/C=C\C/C=C\CC[C@H](O)CC. The van der Waals surface area contributed by atoms with E-state index in [1.54, 1.807) is 0 Å². The maximum absolute atomic E-state index is 12.7. The zero-order valence-electron chi connectivity index (χ0n) is 37.6. The van der Waals surface area contributed by atoms with E-state index < -0.39 is 32.5 Å². The number of carbonyl (C=O) groups excluding carboxylic acids is 2. The number of likely N-dealkylation sites (N-methyl/N-ethyl adjacent to an activating group) is 1. The van der Waals surface area contributed by atoms with Crippen molar-refractivity contribution in [1.29, 1.82) is 0 Å². The van der Waals surface area contributed by atoms with Gasteiger partial charge in [-0.25, -0.2) is 4.57 Å². The number of nitrogens with zero attached hydrogens (tertiary/aromatic N) is 1. The van der Waals surface area contributed by atoms with Crippen LogP contribution in [0.1, 0.15) is 149 Å². The van der Waals surface area contributed by atoms with E-state index >= 15 is 0 Å². The average Bonchev–Trinajstić information content (AvgIpc) is 3.19. The molecule has 0 aromatic carbocycles. The molecule has 338 valence electrons. The van der Waals surface area contributed by atoms with Gasteiger partial charge in [-0.3, -0.25) is 18.6 Å². The summed E-state index contributed by atoms with van der Waals surface area (Å²) in [7, 11) is 1.38. The molecule has 0 spiro atoms. The lowest BCUT2D eigenvalue weighted by atomic mass is 10.1. The molecule has 0 radical (unpaired) electrons. The Morgan fingerprint density at radius 1 is 0.593 bits per heavy atom. The zero-order chi connectivity index (χ0) is 43.7. The molecule has 0 aromatic rings. The van der Waals surface area contributed by atoms with Crippen molar-refractivity contribution in [1.82, 2.24) is 0 Å². The van der Waals surface area contributed by atoms with E-state index in [0.29, 0.717) is 30.3 Å². The van der Waals surface area contributed by atoms with Crippen LogP contribution in [0, 0.1) is 0 Å². The number of rotatable bonds is 39. The molecule has 10 nitrogen and oxygen atoms in total. The summed E-state index contributed by atoms with van der Waals surface area (Å²) in [6, 6.07) is 0. The lowest BCUT2D eigenvalue weighted by molar-refractivity contribution is -0.870. The summed E-state index contributed by atoms with van der Waals surface area (Å²) in [5.74, 6) is -0.952. The zero-order valence-corrected chi connectivity index (χ0v) is 38.5. The highest BCUT2D eigenvalue weighted by Gasteiger charge is 2.27. The van der Waals surface area contributed by atoms with Crippen LogP contribution in [0.25, 0.3) is 0 Å². The fraction of sp³-hybridized carbons (Fsp3) is 0.667. The van der Waals surface area contributed by atoms with Crippen molar-refractivity contribution in [2.75, 3.05) is 47.5 Å². The van der Waals surface area contributed by atoms with Crippen LogP contribution < -0.4 is 0 Å². The summed E-state index contributed by atoms with van der Waals surface area (Å²) in [6.45, 7) is 3.98. The molecule has 59 heavy (non-hydrogen) atoms. The molecule has 0 aromatic heterocycles. The minimum absolute atomic E-state index is 0.00317. The largest absolute Gasteiger partial charge is 0.472 e. The van der Waals surface area contributed by atoms with Crippen molar-refractivity contribution in [2.45, 2.75) is 161 Å². The number of quaternary nitrogens is 1. The molecular weight excluding hydrogens is 765 g/mol. The van der Waals surface area contributed by atoms with E-state index in [-0.39, 0.29) is 32.2 Å². The number of aliphatic hydroxyl groups is 1. The number of hydrogen-bond acceptors (Lipinski definition) is 8. The molecule has 0 amide bonds. The number of allylic oxidation sites excluding steroid dienone is 14. The van der Waals surface area contributed by atoms with Gasteiger partial charge in [0.05, 0.1) is 33.9 Å². The van der Waals surface area contributed by atoms with Gasteiger partial charge >= 0.3 is 19.8 Å². The molecule has 2 N–H and O–H groups in total. The van der Waals surface area contributed by atoms with Gasteiger partial charge in [-0.15, -0.1) is 0 Å². The number of phosphoric ester groups is 1. The molecule has 1 unspecified atom stereocenters. The second kappa shape index (κ2) is 39.3. The van der Waals surface area contributed by atoms with Gasteiger partial charge in [0.2, 0.25) is 0 Å². The van der Waals surface area contributed by atoms with Crippen LogP contribution in [-0.4, -0.2) is 86.1 Å². The van der Waals surface area contributed by atoms with Crippen LogP contribution in [0.5, 0.6) is 0 Å². The Bertz CT molecular complexity index is 1300. The molecule has 0 saturated carbocycles. The van der Waals surface area contributed by atoms with Gasteiger partial charge in [-0.2, -0.15) is 0 Å². The molecule has 0 rings (SSSR count). The molecular formula is C48H83NO9P+. The molecule has 0 saturated heterocycles. The van der Waals surface area contributed by atoms with Crippen molar-refractivity contribution in [2.24, 2.45) is 0 Å². The number of esters is 2. The maximum Gasteiger partial charge on any atom is 0.472 e. The molecule has 0 aliphatic rings. The Labute approximate surface area is 359 Å². The van der Waals surface area contributed by atoms with Crippen molar-refractivity contribution >= 4 is 19.8 Å². The molecule has 0 heterocycles. The molecule has 3 atom stereocenters. The number of phosphoric acid groups is 1. The smallest absolute Gasteiger partial charge is 0.462 e. The third kappa shape index (κ3) is 43.1. The molecule has 0 fully saturated rings. The Morgan fingerprint density at radius 3 is 1.56 bits per heavy atom. The van der Waals surface area contributed by atoms with Gasteiger partial charge in [0, 0.05) is 12.8 Å². The number of ether oxygens (including phenoxy) is 2. The van der Waals surface area contributed by atoms with Crippen LogP contribution in [0.2, 0.25) is 0 Å². The maximum atomic E-state index is 12.7. The Balaban J connectivity index is 4.56. The Hall–Kier alpha value is -2.85. The number of hydrogen-bond donors (Lipinski definition) is 2. The fourth-order valence-corrected chi connectivity index (χ4v) is 6.10. The minimum atomic E-state index is -4.41. The van der Waals surface area contributed by atoms with Gasteiger partial charge in [0.15, 0.2) is 6.10 Å². The van der Waals surface area contributed by atoms with E-state index in [1.165, 1.54) is 38.5 Å². The van der Waals surface area contributed by atoms with E-state index in [0.717, 1.165) is 64.2 Å². The highest BCUT2D eigenvalue weighted by atomic mass is 31.2. The summed E-state index contributed by atoms with van der Waals surface area (Å²) in [4.78, 5) is 35.3. The van der Waals surface area contributed by atoms with Crippen molar-refractivity contribution < 1.29 is 47.2 Å². The van der Waals surface area contributed by atoms with Crippen LogP contribution in [0.15, 0.2) is 85.1 Å². The first kappa shape index (κ1) is 56.1. The first-order valence-corrected chi connectivity index (χ1v) is 23.9. The fourth-order valence-electron chi connectivity index (χ4n) is 5.35. The van der Waals surface area contributed by atoms with Crippen molar-refractivity contribution in [3.8, 4) is 0 Å². The average molecular weight is 849 g/mol. The van der Waals surface area contributed by atoms with Gasteiger partial charge in [-0.1, -0.05) is 131 Å². The lowest BCUT2D eigenvalue weighted by Crippen LogP contribution is -2.37. The normalized spacial score (nSPS) is 14.9. The van der Waals surface area contributed by atoms with Crippen LogP contribution in [0.3, 0.4) is 0 Å². The standard InChI is InChI=1S/C48H82NO9P/c1-6-8-9-10-11-12-13-14-15-16-17-21-24-27-30-33-36-39-47(51)55-43-46(44-57-59(53,54)56-42-41-49(3,4)5)58-48(52)40-37-34-31-28-25-22-19-18-20-23-26-29-32-35-38-45(50)7-2/h14-15,17,19-23,27-32,45-46,50H,6-13,16,18,24-26,33-44H2,1-5H3/p+1/b15-14-,21-17-,22-19-,23-20-,30-27-,31-28-,32-29-/t45-,46-/m1/s1. The number of carbonyl (C=O) groups is 2. The highest BCUT2D eigenvalue weighted by Crippen LogP contribution is 2.43. The monoisotopic (exact) mass is 849 g/mol. The summed E-state index contributed by atoms with van der Waals surface area (Å²) in [5.41, 5.74) is 0. The van der Waals surface area contributed by atoms with Gasteiger partial charge < -0.3 is 24.0 Å². The summed E-state index contributed by atoms with van der Waals surface area (Å²) in [5, 5.41) is 9.57. The Kier molecular flexibility index (Phi) is 37.4. The van der Waals surface area contributed by atoms with Crippen LogP contribution >= 0.6 is 7.82 Å². The minimum Gasteiger partial charge on any atom is -0.462 e. The summed E-state index contributed by atoms with van der Waals surface area (Å²) < 4.78 is 34.1. The first-order chi connectivity index (χ1) is 28.4. The molecule has 0 aliphatic carbocycles. The van der Waals surface area contributed by atoms with E-state index in [1.807, 2.05) is 34.1 Å². The quantitative estimate of drug-likeness (QED) is 0.0204. The molecule has 11 heteroatoms. The lowest BCUT2D eigenvalue weighted by Gasteiger charge is -2.24. The summed E-state index contributed by atoms with van der Waals surface area (Å²) >= 11 is 0. The third-order valence-electron chi connectivity index (χ3n) is 9.06. The summed E-state index contributed by atoms with van der Waals surface area (Å²) in [6.07, 6.45) is 47.3. The van der Waals surface area contributed by atoms with Gasteiger partial charge in [-0.05, 0) is 89.9 Å². The predicted octanol–water partition coefficient (Wildman–Crippen LogP) is 11.8. The third-order valence-corrected chi connectivity index (χ3v) is 10.0. The van der Waals surface area contributed by atoms with Crippen LogP contribution in [-0.2, 0) is 32.7 Å². The van der Waals surface area contributed by atoms with Crippen molar-refractivity contribution in [3.05, 3.63) is 85.1 Å². The van der Waals surface area contributed by atoms with Gasteiger partial charge in [0.1, 0.15) is 19.8 Å². The van der Waals surface area contributed by atoms with Crippen LogP contribution in [0.4, 0.5) is 0 Å². The highest BCUT2D eigenvalue weighted by molar-refractivity contribution is 7.47.